The van der Waals surface area contributed by atoms with Crippen molar-refractivity contribution >= 4 is 51.6 Å². The van der Waals surface area contributed by atoms with E-state index < -0.39 is 0 Å². The van der Waals surface area contributed by atoms with E-state index in [1.54, 1.807) is 6.07 Å². The third kappa shape index (κ3) is 4.11. The molecule has 3 N–H and O–H groups in total. The van der Waals surface area contributed by atoms with Gasteiger partial charge in [-0.15, -0.1) is 11.8 Å². The summed E-state index contributed by atoms with van der Waals surface area (Å²) in [5.41, 5.74) is 6.82. The highest BCUT2D eigenvalue weighted by molar-refractivity contribution is 14.1. The summed E-state index contributed by atoms with van der Waals surface area (Å²) < 4.78 is 13.9. The summed E-state index contributed by atoms with van der Waals surface area (Å²) in [7, 11) is 0. The van der Waals surface area contributed by atoms with Gasteiger partial charge in [0.05, 0.1) is 11.4 Å². The molecule has 20 heavy (non-hydrogen) atoms. The molecule has 2 aromatic rings. The largest absolute Gasteiger partial charge is 0.398 e. The number of amides is 1. The minimum absolute atomic E-state index is 0.122. The average molecular weight is 402 g/mol. The van der Waals surface area contributed by atoms with E-state index in [4.69, 9.17) is 5.73 Å². The summed E-state index contributed by atoms with van der Waals surface area (Å²) in [6.07, 6.45) is 0. The van der Waals surface area contributed by atoms with Crippen LogP contribution < -0.4 is 11.1 Å². The molecule has 2 rings (SSSR count). The number of hydrogen-bond donors (Lipinski definition) is 2. The molecule has 6 heteroatoms. The lowest BCUT2D eigenvalue weighted by Gasteiger charge is -2.08. The third-order valence-electron chi connectivity index (χ3n) is 2.48. The van der Waals surface area contributed by atoms with Gasteiger partial charge in [-0.1, -0.05) is 12.1 Å². The molecule has 1 amide bonds. The Morgan fingerprint density at radius 1 is 1.30 bits per heavy atom. The average Bonchev–Trinajstić information content (AvgIpc) is 2.40. The van der Waals surface area contributed by atoms with E-state index in [1.165, 1.54) is 23.9 Å². The van der Waals surface area contributed by atoms with Crippen LogP contribution >= 0.6 is 34.4 Å². The van der Waals surface area contributed by atoms with Crippen LogP contribution in [0.15, 0.2) is 47.4 Å². The second kappa shape index (κ2) is 6.94. The first-order valence-corrected chi connectivity index (χ1v) is 7.85. The van der Waals surface area contributed by atoms with Crippen LogP contribution in [0, 0.1) is 9.39 Å². The van der Waals surface area contributed by atoms with Crippen molar-refractivity contribution in [1.29, 1.82) is 0 Å². The van der Waals surface area contributed by atoms with Gasteiger partial charge in [0.1, 0.15) is 5.82 Å². The highest BCUT2D eigenvalue weighted by Gasteiger charge is 2.08. The Kier molecular flexibility index (Phi) is 5.24. The zero-order chi connectivity index (χ0) is 14.5. The molecule has 0 aromatic heterocycles. The van der Waals surface area contributed by atoms with E-state index in [0.29, 0.717) is 10.6 Å². The van der Waals surface area contributed by atoms with E-state index in [0.717, 1.165) is 9.26 Å². The van der Waals surface area contributed by atoms with E-state index in [1.807, 2.05) is 24.3 Å². The number of benzene rings is 2. The molecule has 0 bridgehead atoms. The van der Waals surface area contributed by atoms with Crippen LogP contribution in [0.25, 0.3) is 0 Å². The Balaban J connectivity index is 1.94. The number of anilines is 2. The molecule has 0 spiro atoms. The number of hydrogen-bond acceptors (Lipinski definition) is 3. The second-order valence-electron chi connectivity index (χ2n) is 4.00. The highest BCUT2D eigenvalue weighted by Crippen LogP contribution is 2.26. The zero-order valence-corrected chi connectivity index (χ0v) is 13.4. The monoisotopic (exact) mass is 402 g/mol. The van der Waals surface area contributed by atoms with Crippen molar-refractivity contribution in [3.05, 3.63) is 51.9 Å². The van der Waals surface area contributed by atoms with Gasteiger partial charge in [0, 0.05) is 14.2 Å². The fourth-order valence-corrected chi connectivity index (χ4v) is 2.81. The van der Waals surface area contributed by atoms with Gasteiger partial charge in [0.2, 0.25) is 5.91 Å². The third-order valence-corrected chi connectivity index (χ3v) is 4.51. The van der Waals surface area contributed by atoms with Crippen molar-refractivity contribution < 1.29 is 9.18 Å². The van der Waals surface area contributed by atoms with Crippen LogP contribution in [0.1, 0.15) is 0 Å². The Hall–Kier alpha value is -1.28. The maximum absolute atomic E-state index is 12.9. The van der Waals surface area contributed by atoms with Crippen LogP contribution in [0.3, 0.4) is 0 Å². The molecule has 0 aliphatic carbocycles. The maximum atomic E-state index is 12.9. The first kappa shape index (κ1) is 15.1. The van der Waals surface area contributed by atoms with Gasteiger partial charge in [-0.2, -0.15) is 0 Å². The van der Waals surface area contributed by atoms with Crippen molar-refractivity contribution in [3.63, 3.8) is 0 Å². The van der Waals surface area contributed by atoms with Crippen LogP contribution in [0.5, 0.6) is 0 Å². The SMILES string of the molecule is Nc1cc(F)ccc1SCC(=O)Nc1ccccc1I. The molecule has 0 radical (unpaired) electrons. The lowest BCUT2D eigenvalue weighted by molar-refractivity contribution is -0.113. The van der Waals surface area contributed by atoms with Gasteiger partial charge < -0.3 is 11.1 Å². The Labute approximate surface area is 134 Å². The Morgan fingerprint density at radius 2 is 2.05 bits per heavy atom. The molecule has 104 valence electrons. The molecule has 0 aliphatic rings. The van der Waals surface area contributed by atoms with Gasteiger partial charge in [0.25, 0.3) is 0 Å². The molecule has 0 fully saturated rings. The van der Waals surface area contributed by atoms with Crippen LogP contribution in [0.2, 0.25) is 0 Å². The van der Waals surface area contributed by atoms with E-state index >= 15 is 0 Å². The molecule has 0 unspecified atom stereocenters. The predicted octanol–water partition coefficient (Wildman–Crippen LogP) is 3.74. The van der Waals surface area contributed by atoms with Crippen molar-refractivity contribution in [2.24, 2.45) is 0 Å². The quantitative estimate of drug-likeness (QED) is 0.466. The fraction of sp³-hybridized carbons (Fsp3) is 0.0714. The van der Waals surface area contributed by atoms with Crippen molar-refractivity contribution in [2.75, 3.05) is 16.8 Å². The summed E-state index contributed by atoms with van der Waals surface area (Å²) in [6, 6.07) is 11.7. The zero-order valence-electron chi connectivity index (χ0n) is 10.4. The van der Waals surface area contributed by atoms with E-state index in [9.17, 15) is 9.18 Å². The van der Waals surface area contributed by atoms with Crippen molar-refractivity contribution in [1.82, 2.24) is 0 Å². The molecule has 3 nitrogen and oxygen atoms in total. The summed E-state index contributed by atoms with van der Waals surface area (Å²) in [4.78, 5) is 12.6. The normalized spacial score (nSPS) is 10.3. The molecule has 0 aliphatic heterocycles. The smallest absolute Gasteiger partial charge is 0.234 e. The van der Waals surface area contributed by atoms with Gasteiger partial charge in [-0.05, 0) is 52.9 Å². The van der Waals surface area contributed by atoms with Crippen LogP contribution in [-0.2, 0) is 4.79 Å². The summed E-state index contributed by atoms with van der Waals surface area (Å²) in [5, 5.41) is 2.83. The molecule has 2 aromatic carbocycles. The predicted molar refractivity (Wildman–Crippen MR) is 89.3 cm³/mol. The number of halogens is 2. The standard InChI is InChI=1S/C14H12FIN2OS/c15-9-5-6-13(11(17)7-9)20-8-14(19)18-12-4-2-1-3-10(12)16/h1-7H,8,17H2,(H,18,19). The number of carbonyl (C=O) groups excluding carboxylic acids is 1. The molecule has 0 atom stereocenters. The van der Waals surface area contributed by atoms with Gasteiger partial charge in [-0.3, -0.25) is 4.79 Å². The van der Waals surface area contributed by atoms with E-state index in [2.05, 4.69) is 27.9 Å². The number of para-hydroxylation sites is 1. The minimum atomic E-state index is -0.379. The molecule has 0 saturated heterocycles. The number of nitrogen functional groups attached to an aromatic ring is 1. The summed E-state index contributed by atoms with van der Waals surface area (Å²) in [5.74, 6) is -0.279. The second-order valence-corrected chi connectivity index (χ2v) is 6.18. The van der Waals surface area contributed by atoms with Gasteiger partial charge in [0.15, 0.2) is 0 Å². The maximum Gasteiger partial charge on any atom is 0.234 e. The number of carbonyl (C=O) groups is 1. The molecular weight excluding hydrogens is 390 g/mol. The number of rotatable bonds is 4. The van der Waals surface area contributed by atoms with E-state index in [-0.39, 0.29) is 17.5 Å². The molecule has 0 saturated carbocycles. The van der Waals surface area contributed by atoms with Crippen LogP contribution in [-0.4, -0.2) is 11.7 Å². The van der Waals surface area contributed by atoms with Crippen molar-refractivity contribution in [3.8, 4) is 0 Å². The Morgan fingerprint density at radius 3 is 2.75 bits per heavy atom. The van der Waals surface area contributed by atoms with Gasteiger partial charge in [-0.25, -0.2) is 4.39 Å². The number of thioether (sulfide) groups is 1. The van der Waals surface area contributed by atoms with Crippen LogP contribution in [0.4, 0.5) is 15.8 Å². The van der Waals surface area contributed by atoms with Crippen molar-refractivity contribution in [2.45, 2.75) is 4.90 Å². The molecular formula is C14H12FIN2OS. The summed E-state index contributed by atoms with van der Waals surface area (Å²) >= 11 is 3.44. The Bertz CT molecular complexity index is 636. The number of nitrogens with two attached hydrogens (primary N) is 1. The summed E-state index contributed by atoms with van der Waals surface area (Å²) in [6.45, 7) is 0. The first-order valence-electron chi connectivity index (χ1n) is 5.78. The number of nitrogens with one attached hydrogen (secondary N) is 1. The minimum Gasteiger partial charge on any atom is -0.398 e. The first-order chi connectivity index (χ1) is 9.56. The molecule has 0 heterocycles. The highest BCUT2D eigenvalue weighted by atomic mass is 127. The lowest BCUT2D eigenvalue weighted by atomic mass is 10.3. The fourth-order valence-electron chi connectivity index (χ4n) is 1.54. The topological polar surface area (TPSA) is 55.1 Å². The van der Waals surface area contributed by atoms with Gasteiger partial charge >= 0.3 is 0 Å². The lowest BCUT2D eigenvalue weighted by Crippen LogP contribution is -2.14.